The van der Waals surface area contributed by atoms with Gasteiger partial charge in [-0.15, -0.1) is 0 Å². The van der Waals surface area contributed by atoms with Crippen LogP contribution in [0, 0.1) is 13.8 Å². The molecule has 0 atom stereocenters. The summed E-state index contributed by atoms with van der Waals surface area (Å²) in [6.45, 7) is 5.07. The van der Waals surface area contributed by atoms with Gasteiger partial charge in [0.2, 0.25) is 0 Å². The summed E-state index contributed by atoms with van der Waals surface area (Å²) in [7, 11) is -3.45. The molecule has 0 bridgehead atoms. The highest BCUT2D eigenvalue weighted by Crippen LogP contribution is 2.30. The number of rotatable bonds is 4. The van der Waals surface area contributed by atoms with Crippen LogP contribution in [0.3, 0.4) is 0 Å². The minimum atomic E-state index is -3.45. The van der Waals surface area contributed by atoms with E-state index in [9.17, 15) is 13.2 Å². The topological polar surface area (TPSA) is 64.3 Å². The number of carbonyl (C=O) groups excluding carboxylic acids is 1. The van der Waals surface area contributed by atoms with E-state index in [2.05, 4.69) is 0 Å². The molecule has 0 saturated heterocycles. The minimum absolute atomic E-state index is 0.0908. The summed E-state index contributed by atoms with van der Waals surface area (Å²) in [6, 6.07) is 11.9. The number of carbonyl (C=O) groups is 1. The predicted octanol–water partition coefficient (Wildman–Crippen LogP) is 4.23. The predicted molar refractivity (Wildman–Crippen MR) is 93.0 cm³/mol. The second kappa shape index (κ2) is 5.91. The number of fused-ring (bicyclic) bond motifs is 1. The maximum Gasteiger partial charge on any atom is 0.182 e. The van der Waals surface area contributed by atoms with Crippen LogP contribution < -0.4 is 0 Å². The Morgan fingerprint density at radius 1 is 1.08 bits per heavy atom. The number of benzene rings is 2. The van der Waals surface area contributed by atoms with Gasteiger partial charge in [0.25, 0.3) is 0 Å². The molecule has 5 heteroatoms. The van der Waals surface area contributed by atoms with Crippen molar-refractivity contribution in [1.82, 2.24) is 0 Å². The molecule has 24 heavy (non-hydrogen) atoms. The van der Waals surface area contributed by atoms with Gasteiger partial charge in [0.1, 0.15) is 11.3 Å². The number of aryl methyl sites for hydroxylation is 2. The number of hydrogen-bond donors (Lipinski definition) is 0. The van der Waals surface area contributed by atoms with Gasteiger partial charge in [-0.1, -0.05) is 18.2 Å². The van der Waals surface area contributed by atoms with Crippen molar-refractivity contribution >= 4 is 26.6 Å². The van der Waals surface area contributed by atoms with Gasteiger partial charge in [-0.3, -0.25) is 4.79 Å². The summed E-state index contributed by atoms with van der Waals surface area (Å²) < 4.78 is 30.9. The molecular formula is C19H18O4S. The molecule has 2 aromatic carbocycles. The van der Waals surface area contributed by atoms with Crippen molar-refractivity contribution in [2.75, 3.05) is 0 Å². The molecule has 0 saturated carbocycles. The lowest BCUT2D eigenvalue weighted by atomic mass is 10.0. The van der Waals surface area contributed by atoms with E-state index in [-0.39, 0.29) is 11.5 Å². The Morgan fingerprint density at radius 2 is 1.75 bits per heavy atom. The maximum absolute atomic E-state index is 12.6. The lowest BCUT2D eigenvalue weighted by Crippen LogP contribution is -2.06. The van der Waals surface area contributed by atoms with Crippen LogP contribution in [0.15, 0.2) is 51.8 Å². The summed E-state index contributed by atoms with van der Waals surface area (Å²) in [5, 5.41) is 0.670. The molecule has 0 N–H and O–H groups in total. The van der Waals surface area contributed by atoms with Crippen LogP contribution >= 0.6 is 0 Å². The smallest absolute Gasteiger partial charge is 0.182 e. The van der Waals surface area contributed by atoms with Gasteiger partial charge < -0.3 is 4.42 Å². The van der Waals surface area contributed by atoms with Crippen LogP contribution in [0.1, 0.15) is 34.2 Å². The SMILES string of the molecule is CC(=O)c1c(C)oc2cc(C)c(CS(=O)(=O)c3ccccc3)cc12. The molecule has 0 aliphatic heterocycles. The molecule has 3 aromatic rings. The normalized spacial score (nSPS) is 11.8. The van der Waals surface area contributed by atoms with Crippen LogP contribution in [-0.2, 0) is 15.6 Å². The molecule has 0 amide bonds. The number of hydrogen-bond acceptors (Lipinski definition) is 4. The zero-order valence-corrected chi connectivity index (χ0v) is 14.6. The van der Waals surface area contributed by atoms with Crippen molar-refractivity contribution in [2.45, 2.75) is 31.4 Å². The van der Waals surface area contributed by atoms with Crippen molar-refractivity contribution in [3.8, 4) is 0 Å². The summed E-state index contributed by atoms with van der Waals surface area (Å²) in [4.78, 5) is 12.2. The molecule has 1 heterocycles. The third kappa shape index (κ3) is 2.87. The Kier molecular flexibility index (Phi) is 4.05. The van der Waals surface area contributed by atoms with Gasteiger partial charge in [0, 0.05) is 5.39 Å². The van der Waals surface area contributed by atoms with Crippen molar-refractivity contribution < 1.29 is 17.6 Å². The Labute approximate surface area is 141 Å². The fourth-order valence-electron chi connectivity index (χ4n) is 2.92. The molecule has 0 spiro atoms. The Hall–Kier alpha value is -2.40. The summed E-state index contributed by atoms with van der Waals surface area (Å²) in [6.07, 6.45) is 0. The fraction of sp³-hybridized carbons (Fsp3) is 0.211. The van der Waals surface area contributed by atoms with E-state index in [1.165, 1.54) is 6.92 Å². The van der Waals surface area contributed by atoms with Crippen LogP contribution in [-0.4, -0.2) is 14.2 Å². The molecular weight excluding hydrogens is 324 g/mol. The zero-order valence-electron chi connectivity index (χ0n) is 13.8. The molecule has 0 radical (unpaired) electrons. The lowest BCUT2D eigenvalue weighted by molar-refractivity contribution is 0.101. The molecule has 4 nitrogen and oxygen atoms in total. The van der Waals surface area contributed by atoms with Crippen molar-refractivity contribution in [1.29, 1.82) is 0 Å². The highest BCUT2D eigenvalue weighted by Gasteiger charge is 2.20. The number of sulfone groups is 1. The average Bonchev–Trinajstić information content (AvgIpc) is 2.83. The number of ketones is 1. The summed E-state index contributed by atoms with van der Waals surface area (Å²) in [5.41, 5.74) is 2.62. The van der Waals surface area contributed by atoms with Gasteiger partial charge in [-0.05, 0) is 56.2 Å². The Balaban J connectivity index is 2.12. The first kappa shape index (κ1) is 16.5. The van der Waals surface area contributed by atoms with Crippen molar-refractivity contribution in [2.24, 2.45) is 0 Å². The molecule has 3 rings (SSSR count). The van der Waals surface area contributed by atoms with E-state index in [0.29, 0.717) is 32.8 Å². The maximum atomic E-state index is 12.6. The highest BCUT2D eigenvalue weighted by molar-refractivity contribution is 7.90. The largest absolute Gasteiger partial charge is 0.461 e. The van der Waals surface area contributed by atoms with E-state index < -0.39 is 9.84 Å². The zero-order chi connectivity index (χ0) is 17.5. The van der Waals surface area contributed by atoms with E-state index in [1.54, 1.807) is 49.4 Å². The number of furan rings is 1. The van der Waals surface area contributed by atoms with Crippen molar-refractivity contribution in [3.05, 3.63) is 64.9 Å². The van der Waals surface area contributed by atoms with Gasteiger partial charge in [0.15, 0.2) is 15.6 Å². The van der Waals surface area contributed by atoms with E-state index in [0.717, 1.165) is 5.56 Å². The molecule has 124 valence electrons. The summed E-state index contributed by atoms with van der Waals surface area (Å²) >= 11 is 0. The quantitative estimate of drug-likeness (QED) is 0.666. The van der Waals surface area contributed by atoms with Crippen LogP contribution in [0.5, 0.6) is 0 Å². The van der Waals surface area contributed by atoms with Crippen LogP contribution in [0.25, 0.3) is 11.0 Å². The lowest BCUT2D eigenvalue weighted by Gasteiger charge is -2.08. The highest BCUT2D eigenvalue weighted by atomic mass is 32.2. The first-order valence-corrected chi connectivity index (χ1v) is 9.26. The fourth-order valence-corrected chi connectivity index (χ4v) is 4.38. The van der Waals surface area contributed by atoms with E-state index in [4.69, 9.17) is 4.42 Å². The second-order valence-corrected chi connectivity index (χ2v) is 7.93. The first-order valence-electron chi connectivity index (χ1n) is 7.61. The van der Waals surface area contributed by atoms with Gasteiger partial charge >= 0.3 is 0 Å². The van der Waals surface area contributed by atoms with Crippen LogP contribution in [0.2, 0.25) is 0 Å². The average molecular weight is 342 g/mol. The minimum Gasteiger partial charge on any atom is -0.461 e. The standard InChI is InChI=1S/C19H18O4S/c1-12-9-18-17(19(13(2)20)14(3)23-18)10-15(12)11-24(21,22)16-7-5-4-6-8-16/h4-10H,11H2,1-3H3. The molecule has 0 unspecified atom stereocenters. The molecule has 0 aliphatic rings. The molecule has 0 fully saturated rings. The van der Waals surface area contributed by atoms with Crippen molar-refractivity contribution in [3.63, 3.8) is 0 Å². The third-order valence-electron chi connectivity index (χ3n) is 4.12. The monoisotopic (exact) mass is 342 g/mol. The van der Waals surface area contributed by atoms with Crippen LogP contribution in [0.4, 0.5) is 0 Å². The Bertz CT molecular complexity index is 1030. The number of Topliss-reactive ketones (excluding diaryl/α,β-unsaturated/α-hetero) is 1. The van der Waals surface area contributed by atoms with Gasteiger partial charge in [-0.25, -0.2) is 8.42 Å². The third-order valence-corrected chi connectivity index (χ3v) is 5.80. The molecule has 1 aromatic heterocycles. The van der Waals surface area contributed by atoms with E-state index >= 15 is 0 Å². The van der Waals surface area contributed by atoms with Gasteiger partial charge in [-0.2, -0.15) is 0 Å². The summed E-state index contributed by atoms with van der Waals surface area (Å²) in [5.74, 6) is 0.354. The first-order chi connectivity index (χ1) is 11.3. The van der Waals surface area contributed by atoms with E-state index in [1.807, 2.05) is 6.92 Å². The molecule has 0 aliphatic carbocycles. The Morgan fingerprint density at radius 3 is 2.38 bits per heavy atom. The van der Waals surface area contributed by atoms with Gasteiger partial charge in [0.05, 0.1) is 16.2 Å². The second-order valence-electron chi connectivity index (χ2n) is 5.94.